The van der Waals surface area contributed by atoms with Crippen LogP contribution in [0.1, 0.15) is 10.7 Å². The van der Waals surface area contributed by atoms with Crippen LogP contribution in [0.5, 0.6) is 5.75 Å². The van der Waals surface area contributed by atoms with E-state index in [2.05, 4.69) is 9.71 Å². The fraction of sp³-hybridized carbons (Fsp3) is 0.333. The first kappa shape index (κ1) is 19.6. The smallest absolute Gasteiger partial charge is 0.259 e. The summed E-state index contributed by atoms with van der Waals surface area (Å²) < 4.78 is 32.5. The number of aromatic nitrogens is 1. The molecular formula is C15H18ClN3O4S2. The summed E-state index contributed by atoms with van der Waals surface area (Å²) >= 11 is 7.52. The largest absolute Gasteiger partial charge is 0.482 e. The van der Waals surface area contributed by atoms with Gasteiger partial charge in [-0.2, -0.15) is 0 Å². The van der Waals surface area contributed by atoms with Gasteiger partial charge in [0, 0.05) is 19.5 Å². The molecule has 1 heterocycles. The lowest BCUT2D eigenvalue weighted by Crippen LogP contribution is -2.27. The Morgan fingerprint density at radius 2 is 2.12 bits per heavy atom. The molecule has 1 aromatic carbocycles. The zero-order valence-electron chi connectivity index (χ0n) is 13.9. The van der Waals surface area contributed by atoms with E-state index in [1.54, 1.807) is 19.5 Å². The summed E-state index contributed by atoms with van der Waals surface area (Å²) in [6.45, 7) is 1.77. The predicted octanol–water partition coefficient (Wildman–Crippen LogP) is 2.05. The van der Waals surface area contributed by atoms with Crippen LogP contribution in [0.15, 0.2) is 28.5 Å². The molecule has 0 aliphatic rings. The van der Waals surface area contributed by atoms with Crippen LogP contribution in [0.2, 0.25) is 5.02 Å². The third-order valence-electron chi connectivity index (χ3n) is 3.17. The zero-order chi connectivity index (χ0) is 18.6. The van der Waals surface area contributed by atoms with Crippen LogP contribution < -0.4 is 9.46 Å². The second-order valence-electron chi connectivity index (χ2n) is 5.35. The summed E-state index contributed by atoms with van der Waals surface area (Å²) in [6.07, 6.45) is 0. The van der Waals surface area contributed by atoms with Gasteiger partial charge in [-0.25, -0.2) is 18.1 Å². The Labute approximate surface area is 155 Å². The quantitative estimate of drug-likeness (QED) is 0.764. The van der Waals surface area contributed by atoms with Crippen molar-refractivity contribution in [3.8, 4) is 5.75 Å². The van der Waals surface area contributed by atoms with Crippen LogP contribution >= 0.6 is 22.9 Å². The number of thiazole rings is 1. The number of sulfonamides is 1. The average molecular weight is 404 g/mol. The molecule has 0 spiro atoms. The Kier molecular flexibility index (Phi) is 6.39. The first-order valence-electron chi connectivity index (χ1n) is 7.22. The van der Waals surface area contributed by atoms with E-state index >= 15 is 0 Å². The summed E-state index contributed by atoms with van der Waals surface area (Å²) in [6, 6.07) is 4.08. The van der Waals surface area contributed by atoms with Gasteiger partial charge in [-0.3, -0.25) is 4.79 Å². The zero-order valence-corrected chi connectivity index (χ0v) is 16.3. The van der Waals surface area contributed by atoms with Crippen molar-refractivity contribution in [3.05, 3.63) is 39.3 Å². The number of aryl methyl sites for hydroxylation is 1. The van der Waals surface area contributed by atoms with Crippen molar-refractivity contribution in [3.63, 3.8) is 0 Å². The van der Waals surface area contributed by atoms with E-state index < -0.39 is 10.0 Å². The molecule has 1 N–H and O–H groups in total. The molecule has 0 aliphatic heterocycles. The molecule has 2 aromatic rings. The number of amides is 1. The Balaban J connectivity index is 2.06. The Morgan fingerprint density at radius 3 is 2.68 bits per heavy atom. The first-order chi connectivity index (χ1) is 11.7. The molecule has 10 heteroatoms. The maximum atomic E-state index is 12.3. The number of rotatable bonds is 7. The third-order valence-corrected chi connectivity index (χ3v) is 5.69. The van der Waals surface area contributed by atoms with E-state index in [-0.39, 0.29) is 34.7 Å². The summed E-state index contributed by atoms with van der Waals surface area (Å²) in [5.41, 5.74) is 0.652. The number of nitrogens with one attached hydrogen (secondary N) is 1. The molecule has 0 bridgehead atoms. The molecule has 0 saturated heterocycles. The standard InChI is InChI=1S/C15H18ClN3O4S2/c1-10-18-11(9-24-10)7-17-25(21,22)12-4-5-14(13(16)6-12)23-8-15(20)19(2)3/h4-6,9,17H,7-8H2,1-3H3. The molecule has 136 valence electrons. The molecule has 0 saturated carbocycles. The van der Waals surface area contributed by atoms with Crippen molar-refractivity contribution < 1.29 is 17.9 Å². The number of halogens is 1. The Hall–Kier alpha value is -1.68. The summed E-state index contributed by atoms with van der Waals surface area (Å²) in [7, 11) is -0.515. The Morgan fingerprint density at radius 1 is 1.40 bits per heavy atom. The van der Waals surface area contributed by atoms with Crippen LogP contribution in [0.4, 0.5) is 0 Å². The first-order valence-corrected chi connectivity index (χ1v) is 9.96. The van der Waals surface area contributed by atoms with Crippen LogP contribution in [-0.4, -0.2) is 44.9 Å². The highest BCUT2D eigenvalue weighted by atomic mass is 35.5. The normalized spacial score (nSPS) is 11.4. The number of hydrogen-bond donors (Lipinski definition) is 1. The Bertz CT molecular complexity index is 865. The molecule has 25 heavy (non-hydrogen) atoms. The van der Waals surface area contributed by atoms with Crippen LogP contribution in [0.25, 0.3) is 0 Å². The maximum Gasteiger partial charge on any atom is 0.259 e. The van der Waals surface area contributed by atoms with Crippen molar-refractivity contribution >= 4 is 38.9 Å². The molecule has 7 nitrogen and oxygen atoms in total. The minimum absolute atomic E-state index is 0.00994. The number of likely N-dealkylation sites (N-methyl/N-ethyl adjacent to an activating group) is 1. The van der Waals surface area contributed by atoms with Gasteiger partial charge < -0.3 is 9.64 Å². The highest BCUT2D eigenvalue weighted by molar-refractivity contribution is 7.89. The molecule has 0 unspecified atom stereocenters. The van der Waals surface area contributed by atoms with E-state index in [4.69, 9.17) is 16.3 Å². The summed E-state index contributed by atoms with van der Waals surface area (Å²) in [5.74, 6) is 0.0129. The molecule has 0 atom stereocenters. The van der Waals surface area contributed by atoms with Crippen LogP contribution in [0.3, 0.4) is 0 Å². The van der Waals surface area contributed by atoms with Crippen molar-refractivity contribution in [2.75, 3.05) is 20.7 Å². The fourth-order valence-corrected chi connectivity index (χ4v) is 3.71. The SMILES string of the molecule is Cc1nc(CNS(=O)(=O)c2ccc(OCC(=O)N(C)C)c(Cl)c2)cs1. The van der Waals surface area contributed by atoms with Crippen molar-refractivity contribution in [2.24, 2.45) is 0 Å². The van der Waals surface area contributed by atoms with Crippen LogP contribution in [-0.2, 0) is 21.4 Å². The van der Waals surface area contributed by atoms with Gasteiger partial charge in [0.25, 0.3) is 5.91 Å². The number of ether oxygens (including phenoxy) is 1. The topological polar surface area (TPSA) is 88.6 Å². The predicted molar refractivity (Wildman–Crippen MR) is 96.5 cm³/mol. The molecular weight excluding hydrogens is 386 g/mol. The number of hydrogen-bond acceptors (Lipinski definition) is 6. The van der Waals surface area contributed by atoms with Gasteiger partial charge in [0.15, 0.2) is 6.61 Å². The second-order valence-corrected chi connectivity index (χ2v) is 8.59. The van der Waals surface area contributed by atoms with Gasteiger partial charge in [0.1, 0.15) is 5.75 Å². The lowest BCUT2D eigenvalue weighted by Gasteiger charge is -2.13. The number of carbonyl (C=O) groups is 1. The molecule has 1 aromatic heterocycles. The highest BCUT2D eigenvalue weighted by Crippen LogP contribution is 2.27. The second kappa shape index (κ2) is 8.13. The third kappa shape index (κ3) is 5.40. The van der Waals surface area contributed by atoms with Gasteiger partial charge in [-0.1, -0.05) is 11.6 Å². The highest BCUT2D eigenvalue weighted by Gasteiger charge is 2.17. The van der Waals surface area contributed by atoms with Gasteiger partial charge in [0.2, 0.25) is 10.0 Å². The van der Waals surface area contributed by atoms with Gasteiger partial charge in [-0.05, 0) is 25.1 Å². The van der Waals surface area contributed by atoms with E-state index in [1.807, 2.05) is 6.92 Å². The number of carbonyl (C=O) groups excluding carboxylic acids is 1. The minimum Gasteiger partial charge on any atom is -0.482 e. The van der Waals surface area contributed by atoms with Crippen molar-refractivity contribution in [1.29, 1.82) is 0 Å². The van der Waals surface area contributed by atoms with Gasteiger partial charge in [0.05, 0.1) is 27.2 Å². The van der Waals surface area contributed by atoms with Crippen LogP contribution in [0, 0.1) is 6.92 Å². The van der Waals surface area contributed by atoms with Crippen molar-refractivity contribution in [1.82, 2.24) is 14.6 Å². The molecule has 0 fully saturated rings. The lowest BCUT2D eigenvalue weighted by molar-refractivity contribution is -0.130. The average Bonchev–Trinajstić information content (AvgIpc) is 2.97. The summed E-state index contributed by atoms with van der Waals surface area (Å²) in [5, 5.41) is 2.77. The maximum absolute atomic E-state index is 12.3. The van der Waals surface area contributed by atoms with Gasteiger partial charge in [-0.15, -0.1) is 11.3 Å². The molecule has 0 radical (unpaired) electrons. The lowest BCUT2D eigenvalue weighted by atomic mass is 10.3. The van der Waals surface area contributed by atoms with E-state index in [1.165, 1.54) is 34.4 Å². The van der Waals surface area contributed by atoms with Gasteiger partial charge >= 0.3 is 0 Å². The molecule has 1 amide bonds. The molecule has 2 rings (SSSR count). The van der Waals surface area contributed by atoms with E-state index in [0.717, 1.165) is 5.01 Å². The fourth-order valence-electron chi connectivity index (χ4n) is 1.78. The minimum atomic E-state index is -3.73. The van der Waals surface area contributed by atoms with E-state index in [0.29, 0.717) is 5.69 Å². The molecule has 0 aliphatic carbocycles. The summed E-state index contributed by atoms with van der Waals surface area (Å²) in [4.78, 5) is 17.1. The number of nitrogens with zero attached hydrogens (tertiary/aromatic N) is 2. The van der Waals surface area contributed by atoms with E-state index in [9.17, 15) is 13.2 Å². The monoisotopic (exact) mass is 403 g/mol. The van der Waals surface area contributed by atoms with Crippen molar-refractivity contribution in [2.45, 2.75) is 18.4 Å². The number of benzene rings is 1.